The first-order valence-electron chi connectivity index (χ1n) is 5.27. The van der Waals surface area contributed by atoms with Crippen molar-refractivity contribution < 1.29 is 14.1 Å². The van der Waals surface area contributed by atoms with Crippen LogP contribution in [0.15, 0.2) is 10.6 Å². The minimum Gasteiger partial charge on any atom is -0.383 e. The molecule has 0 aromatic carbocycles. The van der Waals surface area contributed by atoms with Gasteiger partial charge in [0, 0.05) is 26.3 Å². The molecule has 0 N–H and O–H groups in total. The lowest BCUT2D eigenvalue weighted by molar-refractivity contribution is 0.0659. The molecule has 17 heavy (non-hydrogen) atoms. The molecule has 0 saturated carbocycles. The smallest absolute Gasteiger partial charge is 0.292 e. The van der Waals surface area contributed by atoms with E-state index in [4.69, 9.17) is 14.5 Å². The van der Waals surface area contributed by atoms with E-state index in [-0.39, 0.29) is 18.1 Å². The fourth-order valence-corrected chi connectivity index (χ4v) is 1.32. The highest BCUT2D eigenvalue weighted by Gasteiger charge is 2.19. The summed E-state index contributed by atoms with van der Waals surface area (Å²) in [5.74, 6) is -0.0746. The SMILES string of the molecule is COCCN(CCC#N)C(=O)c1cc(C)no1. The van der Waals surface area contributed by atoms with E-state index >= 15 is 0 Å². The third kappa shape index (κ3) is 3.89. The van der Waals surface area contributed by atoms with Crippen LogP contribution in [0.25, 0.3) is 0 Å². The number of methoxy groups -OCH3 is 1. The van der Waals surface area contributed by atoms with Gasteiger partial charge in [-0.3, -0.25) is 4.79 Å². The molecular weight excluding hydrogens is 222 g/mol. The number of amides is 1. The number of hydrogen-bond donors (Lipinski definition) is 0. The van der Waals surface area contributed by atoms with E-state index in [0.717, 1.165) is 0 Å². The van der Waals surface area contributed by atoms with Crippen LogP contribution < -0.4 is 0 Å². The Balaban J connectivity index is 2.68. The van der Waals surface area contributed by atoms with Crippen molar-refractivity contribution in [2.45, 2.75) is 13.3 Å². The Hall–Kier alpha value is -1.87. The van der Waals surface area contributed by atoms with Crippen LogP contribution >= 0.6 is 0 Å². The van der Waals surface area contributed by atoms with E-state index < -0.39 is 0 Å². The molecule has 0 atom stereocenters. The van der Waals surface area contributed by atoms with Crippen molar-refractivity contribution in [3.63, 3.8) is 0 Å². The summed E-state index contributed by atoms with van der Waals surface area (Å²) < 4.78 is 9.82. The van der Waals surface area contributed by atoms with Gasteiger partial charge in [0.05, 0.1) is 24.8 Å². The van der Waals surface area contributed by atoms with Gasteiger partial charge < -0.3 is 14.2 Å². The molecule has 1 amide bonds. The number of ether oxygens (including phenoxy) is 1. The maximum Gasteiger partial charge on any atom is 0.292 e. The average Bonchev–Trinajstić information content (AvgIpc) is 2.75. The van der Waals surface area contributed by atoms with Crippen molar-refractivity contribution in [1.29, 1.82) is 5.26 Å². The maximum atomic E-state index is 12.0. The molecular formula is C11H15N3O3. The maximum absolute atomic E-state index is 12.0. The number of nitriles is 1. The summed E-state index contributed by atoms with van der Waals surface area (Å²) in [5.41, 5.74) is 0.653. The van der Waals surface area contributed by atoms with Crippen LogP contribution in [0.1, 0.15) is 22.7 Å². The molecule has 0 fully saturated rings. The zero-order chi connectivity index (χ0) is 12.7. The summed E-state index contributed by atoms with van der Waals surface area (Å²) in [5, 5.41) is 12.2. The fourth-order valence-electron chi connectivity index (χ4n) is 1.32. The molecule has 92 valence electrons. The second-order valence-corrected chi connectivity index (χ2v) is 3.53. The predicted molar refractivity (Wildman–Crippen MR) is 59.2 cm³/mol. The summed E-state index contributed by atoms with van der Waals surface area (Å²) in [6.07, 6.45) is 0.280. The van der Waals surface area contributed by atoms with Gasteiger partial charge in [-0.25, -0.2) is 0 Å². The molecule has 0 aliphatic rings. The molecule has 0 aliphatic carbocycles. The number of hydrogen-bond acceptors (Lipinski definition) is 5. The Kier molecular flexibility index (Phi) is 5.17. The van der Waals surface area contributed by atoms with E-state index in [2.05, 4.69) is 5.16 Å². The van der Waals surface area contributed by atoms with Gasteiger partial charge in [0.1, 0.15) is 0 Å². The molecule has 0 aliphatic heterocycles. The van der Waals surface area contributed by atoms with Gasteiger partial charge in [0.15, 0.2) is 0 Å². The summed E-state index contributed by atoms with van der Waals surface area (Å²) in [4.78, 5) is 13.5. The Labute approximate surface area is 99.7 Å². The Bertz CT molecular complexity index is 408. The van der Waals surface area contributed by atoms with E-state index in [0.29, 0.717) is 25.4 Å². The summed E-state index contributed by atoms with van der Waals surface area (Å²) >= 11 is 0. The van der Waals surface area contributed by atoms with Gasteiger partial charge >= 0.3 is 0 Å². The lowest BCUT2D eigenvalue weighted by Crippen LogP contribution is -2.34. The van der Waals surface area contributed by atoms with Gasteiger partial charge in [0.2, 0.25) is 5.76 Å². The topological polar surface area (TPSA) is 79.4 Å². The third-order valence-corrected chi connectivity index (χ3v) is 2.18. The van der Waals surface area contributed by atoms with Crippen LogP contribution in [0, 0.1) is 18.3 Å². The second-order valence-electron chi connectivity index (χ2n) is 3.53. The normalized spacial score (nSPS) is 9.94. The van der Waals surface area contributed by atoms with E-state index in [1.807, 2.05) is 6.07 Å². The van der Waals surface area contributed by atoms with Crippen LogP contribution in [-0.4, -0.2) is 42.8 Å². The van der Waals surface area contributed by atoms with Crippen molar-refractivity contribution in [2.24, 2.45) is 0 Å². The number of rotatable bonds is 6. The van der Waals surface area contributed by atoms with E-state index in [1.54, 1.807) is 20.1 Å². The van der Waals surface area contributed by atoms with Gasteiger partial charge in [-0.05, 0) is 6.92 Å². The molecule has 1 heterocycles. The Morgan fingerprint density at radius 1 is 1.65 bits per heavy atom. The molecule has 6 heteroatoms. The summed E-state index contributed by atoms with van der Waals surface area (Å²) in [6, 6.07) is 3.58. The highest BCUT2D eigenvalue weighted by molar-refractivity contribution is 5.91. The number of aromatic nitrogens is 1. The van der Waals surface area contributed by atoms with Crippen LogP contribution in [0.4, 0.5) is 0 Å². The molecule has 0 radical (unpaired) electrons. The van der Waals surface area contributed by atoms with Gasteiger partial charge in [-0.2, -0.15) is 5.26 Å². The molecule has 0 spiro atoms. The van der Waals surface area contributed by atoms with E-state index in [1.165, 1.54) is 4.90 Å². The molecule has 1 rings (SSSR count). The van der Waals surface area contributed by atoms with Crippen LogP contribution in [0.5, 0.6) is 0 Å². The zero-order valence-corrected chi connectivity index (χ0v) is 9.97. The lowest BCUT2D eigenvalue weighted by Gasteiger charge is -2.19. The van der Waals surface area contributed by atoms with Crippen molar-refractivity contribution in [2.75, 3.05) is 26.8 Å². The van der Waals surface area contributed by atoms with Gasteiger partial charge in [-0.15, -0.1) is 0 Å². The first-order valence-corrected chi connectivity index (χ1v) is 5.27. The van der Waals surface area contributed by atoms with E-state index in [9.17, 15) is 4.79 Å². The van der Waals surface area contributed by atoms with Crippen molar-refractivity contribution >= 4 is 5.91 Å². The van der Waals surface area contributed by atoms with Crippen LogP contribution in [-0.2, 0) is 4.74 Å². The number of nitrogens with zero attached hydrogens (tertiary/aromatic N) is 3. The molecule has 1 aromatic heterocycles. The Morgan fingerprint density at radius 2 is 2.41 bits per heavy atom. The van der Waals surface area contributed by atoms with Crippen molar-refractivity contribution in [3.8, 4) is 6.07 Å². The molecule has 0 saturated heterocycles. The number of carbonyl (C=O) groups excluding carboxylic acids is 1. The quantitative estimate of drug-likeness (QED) is 0.737. The first-order chi connectivity index (χ1) is 8.19. The van der Waals surface area contributed by atoms with Crippen molar-refractivity contribution in [1.82, 2.24) is 10.1 Å². The fraction of sp³-hybridized carbons (Fsp3) is 0.545. The number of carbonyl (C=O) groups is 1. The molecule has 0 unspecified atom stereocenters. The monoisotopic (exact) mass is 237 g/mol. The molecule has 6 nitrogen and oxygen atoms in total. The second kappa shape index (κ2) is 6.66. The minimum absolute atomic E-state index is 0.191. The number of aryl methyl sites for hydroxylation is 1. The Morgan fingerprint density at radius 3 is 2.94 bits per heavy atom. The molecule has 0 bridgehead atoms. The average molecular weight is 237 g/mol. The van der Waals surface area contributed by atoms with Crippen molar-refractivity contribution in [3.05, 3.63) is 17.5 Å². The first kappa shape index (κ1) is 13.2. The third-order valence-electron chi connectivity index (χ3n) is 2.18. The highest BCUT2D eigenvalue weighted by Crippen LogP contribution is 2.07. The highest BCUT2D eigenvalue weighted by atomic mass is 16.5. The largest absolute Gasteiger partial charge is 0.383 e. The van der Waals surface area contributed by atoms with Gasteiger partial charge in [0.25, 0.3) is 5.91 Å². The van der Waals surface area contributed by atoms with Gasteiger partial charge in [-0.1, -0.05) is 5.16 Å². The van der Waals surface area contributed by atoms with Crippen LogP contribution in [0.3, 0.4) is 0 Å². The summed E-state index contributed by atoms with van der Waals surface area (Å²) in [7, 11) is 1.56. The summed E-state index contributed by atoms with van der Waals surface area (Å²) in [6.45, 7) is 2.95. The van der Waals surface area contributed by atoms with Crippen LogP contribution in [0.2, 0.25) is 0 Å². The molecule has 1 aromatic rings. The zero-order valence-electron chi connectivity index (χ0n) is 9.97. The predicted octanol–water partition coefficient (Wildman–Crippen LogP) is 0.985. The standard InChI is InChI=1S/C11H15N3O3/c1-9-8-10(17-13-9)11(15)14(5-3-4-12)6-7-16-2/h8H,3,5-7H2,1-2H3. The lowest BCUT2D eigenvalue weighted by atomic mass is 10.3. The minimum atomic E-state index is -0.266.